The molecule has 5 nitrogen and oxygen atoms in total. The van der Waals surface area contributed by atoms with Gasteiger partial charge < -0.3 is 9.47 Å². The topological polar surface area (TPSA) is 48.1 Å². The maximum atomic E-state index is 5.42. The highest BCUT2D eigenvalue weighted by Crippen LogP contribution is 2.32. The number of ether oxygens (including phenoxy) is 2. The predicted octanol–water partition coefficient (Wildman–Crippen LogP) is 3.67. The Kier molecular flexibility index (Phi) is 4.11. The van der Waals surface area contributed by atoms with Gasteiger partial charge in [0.25, 0.3) is 0 Å². The Bertz CT molecular complexity index is 1000. The molecule has 2 aromatic carbocycles. The van der Waals surface area contributed by atoms with Crippen molar-refractivity contribution in [2.24, 2.45) is 10.1 Å². The van der Waals surface area contributed by atoms with Crippen LogP contribution in [0.3, 0.4) is 0 Å². The molecule has 0 unspecified atom stereocenters. The summed E-state index contributed by atoms with van der Waals surface area (Å²) in [7, 11) is 1.78. The van der Waals surface area contributed by atoms with Crippen LogP contribution in [0.5, 0.6) is 11.5 Å². The SMILES string of the molecule is CN=c1scc(-c2ccc(C)cc2)n1N=Cc1ccc2c(c1)OCO2. The molecule has 2 heterocycles. The molecule has 0 spiro atoms. The molecular weight excluding hydrogens is 334 g/mol. The van der Waals surface area contributed by atoms with Crippen molar-refractivity contribution in [1.29, 1.82) is 0 Å². The number of nitrogens with zero attached hydrogens (tertiary/aromatic N) is 3. The highest BCUT2D eigenvalue weighted by atomic mass is 32.1. The zero-order valence-electron chi connectivity index (χ0n) is 14.0. The fourth-order valence-corrected chi connectivity index (χ4v) is 3.41. The average molecular weight is 351 g/mol. The Morgan fingerprint density at radius 1 is 1.08 bits per heavy atom. The number of benzene rings is 2. The van der Waals surface area contributed by atoms with Gasteiger partial charge in [-0.3, -0.25) is 4.99 Å². The van der Waals surface area contributed by atoms with Crippen LogP contribution in [0.4, 0.5) is 0 Å². The number of rotatable bonds is 3. The van der Waals surface area contributed by atoms with E-state index in [1.165, 1.54) is 5.56 Å². The van der Waals surface area contributed by atoms with Gasteiger partial charge in [-0.1, -0.05) is 29.8 Å². The Labute approximate surface area is 149 Å². The van der Waals surface area contributed by atoms with E-state index in [0.717, 1.165) is 33.1 Å². The highest BCUT2D eigenvalue weighted by molar-refractivity contribution is 7.07. The van der Waals surface area contributed by atoms with Crippen LogP contribution in [-0.4, -0.2) is 24.7 Å². The van der Waals surface area contributed by atoms with Crippen molar-refractivity contribution in [3.8, 4) is 22.8 Å². The van der Waals surface area contributed by atoms with E-state index in [-0.39, 0.29) is 6.79 Å². The molecule has 0 fully saturated rings. The summed E-state index contributed by atoms with van der Waals surface area (Å²) < 4.78 is 12.6. The van der Waals surface area contributed by atoms with E-state index >= 15 is 0 Å². The summed E-state index contributed by atoms with van der Waals surface area (Å²) in [5, 5.41) is 6.72. The fraction of sp³-hybridized carbons (Fsp3) is 0.158. The first-order chi connectivity index (χ1) is 12.2. The van der Waals surface area contributed by atoms with Crippen LogP contribution >= 0.6 is 11.3 Å². The van der Waals surface area contributed by atoms with Crippen molar-refractivity contribution in [3.63, 3.8) is 0 Å². The van der Waals surface area contributed by atoms with Crippen LogP contribution in [0.2, 0.25) is 0 Å². The molecule has 4 rings (SSSR count). The Morgan fingerprint density at radius 3 is 2.68 bits per heavy atom. The lowest BCUT2D eigenvalue weighted by Crippen LogP contribution is -2.11. The summed E-state index contributed by atoms with van der Waals surface area (Å²) in [6.45, 7) is 2.35. The number of fused-ring (bicyclic) bond motifs is 1. The third-order valence-electron chi connectivity index (χ3n) is 3.94. The number of aromatic nitrogens is 1. The molecule has 1 aliphatic rings. The number of hydrogen-bond acceptors (Lipinski definition) is 5. The van der Waals surface area contributed by atoms with E-state index in [9.17, 15) is 0 Å². The first-order valence-corrected chi connectivity index (χ1v) is 8.77. The van der Waals surface area contributed by atoms with E-state index in [4.69, 9.17) is 9.47 Å². The number of hydrogen-bond donors (Lipinski definition) is 0. The van der Waals surface area contributed by atoms with E-state index in [1.54, 1.807) is 24.6 Å². The van der Waals surface area contributed by atoms with Crippen molar-refractivity contribution in [1.82, 2.24) is 4.68 Å². The van der Waals surface area contributed by atoms with Gasteiger partial charge >= 0.3 is 0 Å². The summed E-state index contributed by atoms with van der Waals surface area (Å²) in [5.74, 6) is 1.52. The zero-order chi connectivity index (χ0) is 17.2. The van der Waals surface area contributed by atoms with Crippen LogP contribution < -0.4 is 14.3 Å². The quantitative estimate of drug-likeness (QED) is 0.676. The van der Waals surface area contributed by atoms with Gasteiger partial charge in [-0.25, -0.2) is 4.68 Å². The van der Waals surface area contributed by atoms with Crippen molar-refractivity contribution >= 4 is 17.6 Å². The molecule has 6 heteroatoms. The largest absolute Gasteiger partial charge is 0.454 e. The monoisotopic (exact) mass is 351 g/mol. The van der Waals surface area contributed by atoms with Crippen molar-refractivity contribution in [2.75, 3.05) is 13.8 Å². The van der Waals surface area contributed by atoms with Crippen molar-refractivity contribution < 1.29 is 9.47 Å². The molecule has 0 N–H and O–H groups in total. The minimum absolute atomic E-state index is 0.269. The van der Waals surface area contributed by atoms with Gasteiger partial charge in [0.05, 0.1) is 11.9 Å². The second-order valence-corrected chi connectivity index (χ2v) is 6.50. The van der Waals surface area contributed by atoms with E-state index < -0.39 is 0 Å². The van der Waals surface area contributed by atoms with Gasteiger partial charge in [0.2, 0.25) is 11.6 Å². The van der Waals surface area contributed by atoms with Gasteiger partial charge in [-0.2, -0.15) is 5.10 Å². The molecule has 126 valence electrons. The Balaban J connectivity index is 1.72. The molecule has 0 atom stereocenters. The van der Waals surface area contributed by atoms with E-state index in [1.807, 2.05) is 22.9 Å². The molecular formula is C19H17N3O2S. The molecule has 0 bridgehead atoms. The first-order valence-electron chi connectivity index (χ1n) is 7.89. The molecule has 0 saturated carbocycles. The summed E-state index contributed by atoms with van der Waals surface area (Å²) in [6.07, 6.45) is 1.81. The zero-order valence-corrected chi connectivity index (χ0v) is 14.8. The van der Waals surface area contributed by atoms with Crippen LogP contribution in [0.15, 0.2) is 57.9 Å². The Hall–Kier alpha value is -2.86. The van der Waals surface area contributed by atoms with Gasteiger partial charge in [-0.05, 0) is 30.7 Å². The maximum Gasteiger partial charge on any atom is 0.231 e. The minimum atomic E-state index is 0.269. The third kappa shape index (κ3) is 3.08. The van der Waals surface area contributed by atoms with Crippen molar-refractivity contribution in [3.05, 3.63) is 63.8 Å². The van der Waals surface area contributed by atoms with Crippen LogP contribution in [-0.2, 0) is 0 Å². The molecule has 0 radical (unpaired) electrons. The lowest BCUT2D eigenvalue weighted by molar-refractivity contribution is 0.174. The second kappa shape index (κ2) is 6.57. The molecule has 1 aliphatic heterocycles. The first kappa shape index (κ1) is 15.7. The van der Waals surface area contributed by atoms with Crippen LogP contribution in [0.1, 0.15) is 11.1 Å². The fourth-order valence-electron chi connectivity index (χ4n) is 2.60. The predicted molar refractivity (Wildman–Crippen MR) is 99.5 cm³/mol. The molecule has 0 saturated heterocycles. The smallest absolute Gasteiger partial charge is 0.231 e. The van der Waals surface area contributed by atoms with E-state index in [2.05, 4.69) is 46.7 Å². The lowest BCUT2D eigenvalue weighted by atomic mass is 10.1. The second-order valence-electron chi connectivity index (χ2n) is 5.66. The van der Waals surface area contributed by atoms with Gasteiger partial charge in [0.15, 0.2) is 11.5 Å². The number of aryl methyl sites for hydroxylation is 1. The summed E-state index contributed by atoms with van der Waals surface area (Å²) >= 11 is 1.57. The molecule has 0 aliphatic carbocycles. The van der Waals surface area contributed by atoms with E-state index in [0.29, 0.717) is 0 Å². The molecule has 0 amide bonds. The van der Waals surface area contributed by atoms with Gasteiger partial charge in [-0.15, -0.1) is 11.3 Å². The van der Waals surface area contributed by atoms with Gasteiger partial charge in [0.1, 0.15) is 0 Å². The van der Waals surface area contributed by atoms with Gasteiger partial charge in [0, 0.05) is 18.0 Å². The Morgan fingerprint density at radius 2 is 1.88 bits per heavy atom. The maximum absolute atomic E-state index is 5.42. The highest BCUT2D eigenvalue weighted by Gasteiger charge is 2.12. The normalized spacial score (nSPS) is 13.8. The molecule has 1 aromatic heterocycles. The molecule has 3 aromatic rings. The average Bonchev–Trinajstić information content (AvgIpc) is 3.26. The summed E-state index contributed by atoms with van der Waals surface area (Å²) in [5.41, 5.74) is 4.30. The summed E-state index contributed by atoms with van der Waals surface area (Å²) in [4.78, 5) is 5.17. The number of thiazole rings is 1. The van der Waals surface area contributed by atoms with Crippen molar-refractivity contribution in [2.45, 2.75) is 6.92 Å². The molecule has 25 heavy (non-hydrogen) atoms. The van der Waals surface area contributed by atoms with Crippen LogP contribution in [0, 0.1) is 6.92 Å². The standard InChI is InChI=1S/C19H17N3O2S/c1-13-3-6-15(7-4-13)16-11-25-19(20-2)22(16)21-10-14-5-8-17-18(9-14)24-12-23-17/h3-11H,12H2,1-2H3. The lowest BCUT2D eigenvalue weighted by Gasteiger charge is -2.04. The van der Waals surface area contributed by atoms with Crippen LogP contribution in [0.25, 0.3) is 11.3 Å². The minimum Gasteiger partial charge on any atom is -0.454 e. The summed E-state index contributed by atoms with van der Waals surface area (Å²) in [6, 6.07) is 14.2. The third-order valence-corrected chi connectivity index (χ3v) is 4.85.